The maximum atomic E-state index is 8.94. The zero-order chi connectivity index (χ0) is 13.5. The fourth-order valence-electron chi connectivity index (χ4n) is 0. The molecule has 0 aliphatic heterocycles. The van der Waals surface area contributed by atoms with Crippen LogP contribution in [0, 0.1) is 0 Å². The maximum absolute atomic E-state index is 8.94. The fraction of sp³-hybridized carbons (Fsp3) is 0. The average Bonchev–Trinajstić information content (AvgIpc) is 1.41. The first-order valence-corrected chi connectivity index (χ1v) is 11.7. The number of hydrogen-bond donors (Lipinski definition) is 3. The van der Waals surface area contributed by atoms with Gasteiger partial charge in [0.2, 0.25) is 0 Å². The summed E-state index contributed by atoms with van der Waals surface area (Å²) in [6.07, 6.45) is 0. The molecule has 104 valence electrons. The summed E-state index contributed by atoms with van der Waals surface area (Å²) in [4.78, 5) is 0. The molecular formula is H6As4Ca3O12. The summed E-state index contributed by atoms with van der Waals surface area (Å²) in [7, 11) is 0. The predicted molar refractivity (Wildman–Crippen MR) is 53.2 cm³/mol. The number of hydrogen-bond acceptors (Lipinski definition) is 9. The quantitative estimate of drug-likeness (QED) is 0.214. The average molecular weight is 618 g/mol. The van der Waals surface area contributed by atoms with E-state index in [-0.39, 0.29) is 131 Å². The van der Waals surface area contributed by atoms with Crippen LogP contribution in [0.1, 0.15) is 0 Å². The minimum atomic E-state index is -5.88. The monoisotopic (exact) mass is 618 g/mol. The van der Waals surface area contributed by atoms with Crippen LogP contribution in [0.15, 0.2) is 0 Å². The Labute approximate surface area is 217 Å². The van der Waals surface area contributed by atoms with Crippen LogP contribution < -0.4 is 24.6 Å². The first-order chi connectivity index (χ1) is 6.00. The Morgan fingerprint density at radius 2 is 0.579 bits per heavy atom. The van der Waals surface area contributed by atoms with E-state index >= 15 is 0 Å². The summed E-state index contributed by atoms with van der Waals surface area (Å²) in [5.74, 6) is 0. The molecule has 1 atom stereocenters. The number of rotatable bonds is 0. The van der Waals surface area contributed by atoms with E-state index in [1.54, 1.807) is 0 Å². The van der Waals surface area contributed by atoms with Crippen LogP contribution in [-0.2, 0) is 11.2 Å². The van der Waals surface area contributed by atoms with Crippen molar-refractivity contribution >= 4 is 175 Å². The second kappa shape index (κ2) is 21.1. The molecule has 0 heterocycles. The third-order valence-corrected chi connectivity index (χ3v) is 0. The molecule has 0 saturated heterocycles. The van der Waals surface area contributed by atoms with Crippen molar-refractivity contribution in [1.82, 2.24) is 0 Å². The standard InChI is InChI=1S/3AsH3O4.AsH3.3Ca/c3*2-1(3,4)5;;;;/h3*(H3,2,3,4,5);1H3;;;/q;;;;3*+2/p-6. The van der Waals surface area contributed by atoms with Crippen LogP contribution >= 0.6 is 0 Å². The Kier molecular flexibility index (Phi) is 48.8. The van der Waals surface area contributed by atoms with E-state index in [1.165, 1.54) is 0 Å². The molecule has 0 fully saturated rings. The van der Waals surface area contributed by atoms with Crippen LogP contribution in [0.4, 0.5) is 0 Å². The van der Waals surface area contributed by atoms with Gasteiger partial charge in [-0.15, -0.1) is 0 Å². The van der Waals surface area contributed by atoms with Gasteiger partial charge in [0.05, 0.1) is 0 Å². The van der Waals surface area contributed by atoms with E-state index in [0.717, 1.165) is 0 Å². The second-order valence-electron chi connectivity index (χ2n) is 1.41. The largest absolute Gasteiger partial charge is 2.00 e. The van der Waals surface area contributed by atoms with E-state index in [4.69, 9.17) is 48.1 Å². The molecule has 0 bridgehead atoms. The summed E-state index contributed by atoms with van der Waals surface area (Å²) in [5.41, 5.74) is 0. The predicted octanol–water partition coefficient (Wildman–Crippen LogP) is -12.6. The third-order valence-electron chi connectivity index (χ3n) is 0. The van der Waals surface area contributed by atoms with Crippen LogP contribution in [0.2, 0.25) is 0 Å². The molecule has 0 aliphatic carbocycles. The Bertz CT molecular complexity index is 211. The fourth-order valence-corrected chi connectivity index (χ4v) is 0. The van der Waals surface area contributed by atoms with E-state index in [1.807, 2.05) is 0 Å². The van der Waals surface area contributed by atoms with Gasteiger partial charge in [0.1, 0.15) is 0 Å². The molecule has 0 aliphatic rings. The van der Waals surface area contributed by atoms with Crippen molar-refractivity contribution in [2.75, 3.05) is 0 Å². The minimum absolute atomic E-state index is 0. The van der Waals surface area contributed by atoms with E-state index in [0.29, 0.717) is 0 Å². The van der Waals surface area contributed by atoms with Crippen LogP contribution in [0.3, 0.4) is 0 Å². The SMILES string of the molecule is O=[As](O)(O)O.O=[As]([O-])([O-])[O-].O=[As]([O-])([O-])[O-].[AsH3].[Ca+2].[Ca+2].[Ca+2]. The summed E-state index contributed by atoms with van der Waals surface area (Å²) in [5, 5.41) is 0. The Balaban J connectivity index is -0.0000000206. The summed E-state index contributed by atoms with van der Waals surface area (Å²) < 4.78 is 99.6. The molecule has 19 heavy (non-hydrogen) atoms. The molecule has 1 unspecified atom stereocenters. The third kappa shape index (κ3) is 400. The van der Waals surface area contributed by atoms with Crippen molar-refractivity contribution in [3.63, 3.8) is 0 Å². The van der Waals surface area contributed by atoms with E-state index in [9.17, 15) is 0 Å². The van der Waals surface area contributed by atoms with Gasteiger partial charge in [0.15, 0.2) is 0 Å². The molecule has 19 heteroatoms. The minimum Gasteiger partial charge on any atom is 2.00 e. The summed E-state index contributed by atoms with van der Waals surface area (Å²) in [6, 6.07) is 0. The molecule has 0 rings (SSSR count). The molecule has 0 aromatic carbocycles. The first kappa shape index (κ1) is 44.0. The Hall–Kier alpha value is 5.05. The molecule has 0 aromatic rings. The van der Waals surface area contributed by atoms with Gasteiger partial charge in [0.25, 0.3) is 0 Å². The van der Waals surface area contributed by atoms with Gasteiger partial charge >= 0.3 is 223 Å². The van der Waals surface area contributed by atoms with Gasteiger partial charge in [-0.1, -0.05) is 0 Å². The Morgan fingerprint density at radius 1 is 0.579 bits per heavy atom. The van der Waals surface area contributed by atoms with Gasteiger partial charge in [-0.2, -0.15) is 0 Å². The molecule has 0 amide bonds. The van der Waals surface area contributed by atoms with Gasteiger partial charge in [0, 0.05) is 0 Å². The van der Waals surface area contributed by atoms with Gasteiger partial charge in [-0.25, -0.2) is 0 Å². The molecule has 0 spiro atoms. The van der Waals surface area contributed by atoms with Crippen molar-refractivity contribution in [3.8, 4) is 0 Å². The van der Waals surface area contributed by atoms with Crippen molar-refractivity contribution in [2.24, 2.45) is 0 Å². The zero-order valence-electron chi connectivity index (χ0n) is 9.19. The van der Waals surface area contributed by atoms with Crippen LogP contribution in [-0.4, -0.2) is 187 Å². The van der Waals surface area contributed by atoms with Gasteiger partial charge < -0.3 is 0 Å². The first-order valence-electron chi connectivity index (χ1n) is 2.24. The molecule has 0 aromatic heterocycles. The maximum Gasteiger partial charge on any atom is 2.00 e. The molecule has 12 nitrogen and oxygen atoms in total. The van der Waals surface area contributed by atoms with E-state index < -0.39 is 43.5 Å². The topological polar surface area (TPSA) is 250 Å². The normalized spacial score (nSPS) is 9.32. The molecule has 0 saturated carbocycles. The van der Waals surface area contributed by atoms with Crippen LogP contribution in [0.25, 0.3) is 0 Å². The smallest absolute Gasteiger partial charge is 2.00 e. The second-order valence-corrected chi connectivity index (χ2v) is 7.31. The van der Waals surface area contributed by atoms with Crippen LogP contribution in [0.5, 0.6) is 0 Å². The molecular weight excluding hydrogens is 612 g/mol. The zero-order valence-corrected chi connectivity index (χ0v) is 24.4. The Morgan fingerprint density at radius 3 is 0.579 bits per heavy atom. The van der Waals surface area contributed by atoms with Crippen molar-refractivity contribution in [1.29, 1.82) is 0 Å². The van der Waals surface area contributed by atoms with E-state index in [2.05, 4.69) is 0 Å². The van der Waals surface area contributed by atoms with Crippen molar-refractivity contribution in [2.45, 2.75) is 0 Å². The molecule has 0 radical (unpaired) electrons. The molecule has 3 N–H and O–H groups in total. The van der Waals surface area contributed by atoms with Gasteiger partial charge in [-0.3, -0.25) is 0 Å². The van der Waals surface area contributed by atoms with Crippen molar-refractivity contribution < 1.29 is 48.1 Å². The van der Waals surface area contributed by atoms with Crippen molar-refractivity contribution in [3.05, 3.63) is 0 Å². The summed E-state index contributed by atoms with van der Waals surface area (Å²) in [6.45, 7) is 0. The van der Waals surface area contributed by atoms with Gasteiger partial charge in [-0.05, 0) is 0 Å². The summed E-state index contributed by atoms with van der Waals surface area (Å²) >= 11 is -16.9.